The summed E-state index contributed by atoms with van der Waals surface area (Å²) in [7, 11) is -2.58. The van der Waals surface area contributed by atoms with Crippen LogP contribution < -0.4 is 5.73 Å². The van der Waals surface area contributed by atoms with Gasteiger partial charge in [0.15, 0.2) is 0 Å². The average molecular weight is 369 g/mol. The number of nitrogens with two attached hydrogens (primary N) is 1. The Kier molecular flexibility index (Phi) is 6.64. The van der Waals surface area contributed by atoms with Crippen molar-refractivity contribution >= 4 is 40.0 Å². The molecule has 1 aliphatic rings. The van der Waals surface area contributed by atoms with Gasteiger partial charge in [-0.25, -0.2) is 13.2 Å². The predicted octanol–water partition coefficient (Wildman–Crippen LogP) is 1.66. The van der Waals surface area contributed by atoms with Crippen LogP contribution in [0.5, 0.6) is 0 Å². The van der Waals surface area contributed by atoms with E-state index in [2.05, 4.69) is 4.74 Å². The Labute approximate surface area is 141 Å². The van der Waals surface area contributed by atoms with Gasteiger partial charge in [-0.2, -0.15) is 4.31 Å². The number of piperidine rings is 1. The Bertz CT molecular complexity index is 643. The molecule has 0 atom stereocenters. The van der Waals surface area contributed by atoms with Crippen LogP contribution in [-0.2, 0) is 14.8 Å². The highest BCUT2D eigenvalue weighted by atomic mass is 35.5. The van der Waals surface area contributed by atoms with E-state index >= 15 is 0 Å². The molecule has 1 aromatic rings. The lowest BCUT2D eigenvalue weighted by Gasteiger charge is -2.29. The van der Waals surface area contributed by atoms with Gasteiger partial charge in [-0.05, 0) is 31.0 Å². The standard InChI is InChI=1S/C13H17ClN2O4S.ClH/c1-20-13(17)11-8-9(14)2-3-12(11)21(18,19)16-6-4-10(15)5-7-16;/h2-3,8,10H,4-7,15H2,1H3;1H. The second kappa shape index (κ2) is 7.61. The minimum Gasteiger partial charge on any atom is -0.465 e. The summed E-state index contributed by atoms with van der Waals surface area (Å²) in [6.07, 6.45) is 1.20. The van der Waals surface area contributed by atoms with Gasteiger partial charge in [0, 0.05) is 24.2 Å². The van der Waals surface area contributed by atoms with Crippen LogP contribution in [0.2, 0.25) is 5.02 Å². The molecule has 0 unspecified atom stereocenters. The van der Waals surface area contributed by atoms with E-state index in [0.717, 1.165) is 0 Å². The molecule has 0 saturated carbocycles. The first-order valence-electron chi connectivity index (χ1n) is 6.50. The minimum atomic E-state index is -3.77. The molecule has 0 spiro atoms. The summed E-state index contributed by atoms with van der Waals surface area (Å²) in [5.74, 6) is -0.732. The SMILES string of the molecule is COC(=O)c1cc(Cl)ccc1S(=O)(=O)N1CCC(N)CC1.Cl. The van der Waals surface area contributed by atoms with Crippen LogP contribution in [0, 0.1) is 0 Å². The molecule has 124 valence electrons. The molecule has 1 heterocycles. The number of rotatable bonds is 3. The number of esters is 1. The molecule has 1 fully saturated rings. The fraction of sp³-hybridized carbons (Fsp3) is 0.462. The number of hydrogen-bond donors (Lipinski definition) is 1. The number of hydrogen-bond acceptors (Lipinski definition) is 5. The lowest BCUT2D eigenvalue weighted by molar-refractivity contribution is 0.0596. The normalized spacial score (nSPS) is 16.9. The Balaban J connectivity index is 0.00000242. The molecule has 6 nitrogen and oxygen atoms in total. The van der Waals surface area contributed by atoms with Crippen molar-refractivity contribution < 1.29 is 17.9 Å². The molecule has 1 aromatic carbocycles. The third-order valence-corrected chi connectivity index (χ3v) is 5.66. The first kappa shape index (κ1) is 19.2. The van der Waals surface area contributed by atoms with Crippen LogP contribution in [0.25, 0.3) is 0 Å². The molecule has 0 aromatic heterocycles. The van der Waals surface area contributed by atoms with Gasteiger partial charge in [-0.15, -0.1) is 12.4 Å². The van der Waals surface area contributed by atoms with Crippen LogP contribution in [0.4, 0.5) is 0 Å². The second-order valence-electron chi connectivity index (χ2n) is 4.87. The van der Waals surface area contributed by atoms with Crippen molar-refractivity contribution in [2.45, 2.75) is 23.8 Å². The van der Waals surface area contributed by atoms with Crippen molar-refractivity contribution in [3.05, 3.63) is 28.8 Å². The lowest BCUT2D eigenvalue weighted by Crippen LogP contribution is -2.43. The Morgan fingerprint density at radius 3 is 2.50 bits per heavy atom. The summed E-state index contributed by atoms with van der Waals surface area (Å²) >= 11 is 5.84. The van der Waals surface area contributed by atoms with Crippen LogP contribution in [0.15, 0.2) is 23.1 Å². The quantitative estimate of drug-likeness (QED) is 0.819. The van der Waals surface area contributed by atoms with Crippen molar-refractivity contribution in [2.24, 2.45) is 5.73 Å². The number of halogens is 2. The number of sulfonamides is 1. The number of ether oxygens (including phenoxy) is 1. The maximum absolute atomic E-state index is 12.7. The van der Waals surface area contributed by atoms with Crippen LogP contribution in [-0.4, -0.2) is 44.9 Å². The van der Waals surface area contributed by atoms with Crippen molar-refractivity contribution in [1.29, 1.82) is 0 Å². The summed E-state index contributed by atoms with van der Waals surface area (Å²) < 4.78 is 31.3. The van der Waals surface area contributed by atoms with Gasteiger partial charge in [0.1, 0.15) is 0 Å². The summed E-state index contributed by atoms with van der Waals surface area (Å²) in [5, 5.41) is 0.273. The fourth-order valence-electron chi connectivity index (χ4n) is 2.25. The molecule has 1 aliphatic heterocycles. The molecule has 0 bridgehead atoms. The molecule has 2 N–H and O–H groups in total. The van der Waals surface area contributed by atoms with E-state index in [0.29, 0.717) is 25.9 Å². The van der Waals surface area contributed by atoms with E-state index in [9.17, 15) is 13.2 Å². The molecule has 2 rings (SSSR count). The first-order chi connectivity index (χ1) is 9.86. The van der Waals surface area contributed by atoms with Gasteiger partial charge < -0.3 is 10.5 Å². The number of methoxy groups -OCH3 is 1. The third-order valence-electron chi connectivity index (χ3n) is 3.46. The fourth-order valence-corrected chi connectivity index (χ4v) is 4.05. The number of carbonyl (C=O) groups excluding carboxylic acids is 1. The van der Waals surface area contributed by atoms with Gasteiger partial charge in [-0.1, -0.05) is 11.6 Å². The average Bonchev–Trinajstić information content (AvgIpc) is 2.46. The van der Waals surface area contributed by atoms with E-state index < -0.39 is 16.0 Å². The third kappa shape index (κ3) is 3.91. The number of benzene rings is 1. The van der Waals surface area contributed by atoms with E-state index in [-0.39, 0.29) is 33.9 Å². The maximum atomic E-state index is 12.7. The van der Waals surface area contributed by atoms with E-state index in [1.807, 2.05) is 0 Å². The zero-order chi connectivity index (χ0) is 15.6. The van der Waals surface area contributed by atoms with Gasteiger partial charge in [-0.3, -0.25) is 0 Å². The molecular formula is C13H18Cl2N2O4S. The highest BCUT2D eigenvalue weighted by Crippen LogP contribution is 2.26. The maximum Gasteiger partial charge on any atom is 0.339 e. The van der Waals surface area contributed by atoms with Crippen LogP contribution in [0.3, 0.4) is 0 Å². The monoisotopic (exact) mass is 368 g/mol. The molecule has 22 heavy (non-hydrogen) atoms. The van der Waals surface area contributed by atoms with Crippen molar-refractivity contribution in [1.82, 2.24) is 4.31 Å². The molecule has 9 heteroatoms. The Morgan fingerprint density at radius 2 is 1.95 bits per heavy atom. The van der Waals surface area contributed by atoms with Crippen molar-refractivity contribution in [2.75, 3.05) is 20.2 Å². The van der Waals surface area contributed by atoms with Gasteiger partial charge in [0.2, 0.25) is 10.0 Å². The molecule has 1 saturated heterocycles. The van der Waals surface area contributed by atoms with Gasteiger partial charge >= 0.3 is 5.97 Å². The zero-order valence-corrected chi connectivity index (χ0v) is 14.4. The largest absolute Gasteiger partial charge is 0.465 e. The Morgan fingerprint density at radius 1 is 1.36 bits per heavy atom. The summed E-state index contributed by atoms with van der Waals surface area (Å²) in [5.41, 5.74) is 5.73. The van der Waals surface area contributed by atoms with E-state index in [1.165, 1.54) is 29.6 Å². The summed E-state index contributed by atoms with van der Waals surface area (Å²) in [6, 6.07) is 4.09. The van der Waals surface area contributed by atoms with Crippen LogP contribution in [0.1, 0.15) is 23.2 Å². The molecule has 0 amide bonds. The molecular weight excluding hydrogens is 351 g/mol. The van der Waals surface area contributed by atoms with Crippen molar-refractivity contribution in [3.8, 4) is 0 Å². The Hall–Kier alpha value is -0.860. The number of nitrogens with zero attached hydrogens (tertiary/aromatic N) is 1. The summed E-state index contributed by atoms with van der Waals surface area (Å²) in [6.45, 7) is 0.680. The lowest BCUT2D eigenvalue weighted by atomic mass is 10.1. The van der Waals surface area contributed by atoms with Gasteiger partial charge in [0.05, 0.1) is 17.6 Å². The second-order valence-corrected chi connectivity index (χ2v) is 7.22. The predicted molar refractivity (Wildman–Crippen MR) is 86.0 cm³/mol. The van der Waals surface area contributed by atoms with Crippen molar-refractivity contribution in [3.63, 3.8) is 0 Å². The van der Waals surface area contributed by atoms with E-state index in [1.54, 1.807) is 0 Å². The van der Waals surface area contributed by atoms with Crippen LogP contribution >= 0.6 is 24.0 Å². The van der Waals surface area contributed by atoms with E-state index in [4.69, 9.17) is 17.3 Å². The molecule has 0 aliphatic carbocycles. The first-order valence-corrected chi connectivity index (χ1v) is 8.31. The number of carbonyl (C=O) groups is 1. The highest BCUT2D eigenvalue weighted by molar-refractivity contribution is 7.89. The zero-order valence-electron chi connectivity index (χ0n) is 12.0. The highest BCUT2D eigenvalue weighted by Gasteiger charge is 2.31. The summed E-state index contributed by atoms with van der Waals surface area (Å²) in [4.78, 5) is 11.7. The minimum absolute atomic E-state index is 0. The molecule has 0 radical (unpaired) electrons. The van der Waals surface area contributed by atoms with Gasteiger partial charge in [0.25, 0.3) is 0 Å². The topological polar surface area (TPSA) is 89.7 Å². The smallest absolute Gasteiger partial charge is 0.339 e.